The first-order valence-electron chi connectivity index (χ1n) is 23.7. The van der Waals surface area contributed by atoms with E-state index in [9.17, 15) is 9.59 Å². The second kappa shape index (κ2) is 44.1. The summed E-state index contributed by atoms with van der Waals surface area (Å²) < 4.78 is 5.91. The zero-order valence-corrected chi connectivity index (χ0v) is 35.4. The van der Waals surface area contributed by atoms with Crippen molar-refractivity contribution in [1.82, 2.24) is 0 Å². The van der Waals surface area contributed by atoms with Crippen molar-refractivity contribution in [3.05, 3.63) is 12.2 Å². The molecule has 0 radical (unpaired) electrons. The maximum atomic E-state index is 12.5. The van der Waals surface area contributed by atoms with Crippen LogP contribution in [0.3, 0.4) is 0 Å². The number of esters is 1. The number of hydrogen-bond donors (Lipinski definition) is 1. The predicted molar refractivity (Wildman–Crippen MR) is 227 cm³/mol. The first-order valence-corrected chi connectivity index (χ1v) is 23.7. The van der Waals surface area contributed by atoms with Gasteiger partial charge in [-0.15, -0.1) is 0 Å². The third-order valence-electron chi connectivity index (χ3n) is 11.0. The summed E-state index contributed by atoms with van der Waals surface area (Å²) in [5.74, 6) is -0.622. The number of allylic oxidation sites excluding steroid dienone is 2. The molecule has 0 saturated heterocycles. The normalized spacial score (nSPS) is 12.2. The molecular formula is C48H92O4. The molecule has 0 fully saturated rings. The number of rotatable bonds is 44. The molecule has 0 amide bonds. The van der Waals surface area contributed by atoms with Crippen LogP contribution in [0.1, 0.15) is 277 Å². The number of unbranched alkanes of at least 4 members (excludes halogenated alkanes) is 33. The van der Waals surface area contributed by atoms with Gasteiger partial charge in [-0.05, 0) is 57.8 Å². The lowest BCUT2D eigenvalue weighted by Gasteiger charge is -2.17. The second-order valence-electron chi connectivity index (χ2n) is 16.3. The lowest BCUT2D eigenvalue weighted by molar-refractivity contribution is -0.150. The number of aliphatic carboxylic acids is 1. The molecule has 308 valence electrons. The molecule has 0 aromatic heterocycles. The minimum Gasteiger partial charge on any atom is -0.481 e. The summed E-state index contributed by atoms with van der Waals surface area (Å²) in [5, 5.41) is 8.67. The topological polar surface area (TPSA) is 63.6 Å². The Balaban J connectivity index is 3.46. The summed E-state index contributed by atoms with van der Waals surface area (Å²) in [6, 6.07) is 0. The van der Waals surface area contributed by atoms with Gasteiger partial charge in [0, 0.05) is 12.8 Å². The summed E-state index contributed by atoms with van der Waals surface area (Å²) in [6.45, 7) is 4.49. The second-order valence-corrected chi connectivity index (χ2v) is 16.3. The molecular weight excluding hydrogens is 641 g/mol. The van der Waals surface area contributed by atoms with Crippen molar-refractivity contribution in [2.75, 3.05) is 0 Å². The summed E-state index contributed by atoms with van der Waals surface area (Å²) in [4.78, 5) is 23.0. The largest absolute Gasteiger partial charge is 0.481 e. The summed E-state index contributed by atoms with van der Waals surface area (Å²) >= 11 is 0. The smallest absolute Gasteiger partial charge is 0.306 e. The molecule has 1 atom stereocenters. The predicted octanol–water partition coefficient (Wildman–Crippen LogP) is 16.6. The van der Waals surface area contributed by atoms with Gasteiger partial charge < -0.3 is 9.84 Å². The highest BCUT2D eigenvalue weighted by molar-refractivity contribution is 5.69. The van der Waals surface area contributed by atoms with Crippen molar-refractivity contribution in [1.29, 1.82) is 0 Å². The quantitative estimate of drug-likeness (QED) is 0.0385. The number of carboxylic acid groups (broad SMARTS) is 1. The van der Waals surface area contributed by atoms with Crippen molar-refractivity contribution in [3.63, 3.8) is 0 Å². The fourth-order valence-corrected chi connectivity index (χ4v) is 7.53. The van der Waals surface area contributed by atoms with Crippen LogP contribution in [-0.2, 0) is 14.3 Å². The van der Waals surface area contributed by atoms with Gasteiger partial charge in [0.15, 0.2) is 0 Å². The van der Waals surface area contributed by atoms with E-state index in [4.69, 9.17) is 9.84 Å². The van der Waals surface area contributed by atoms with Gasteiger partial charge in [-0.1, -0.05) is 219 Å². The monoisotopic (exact) mass is 733 g/mol. The Morgan fingerprint density at radius 2 is 0.731 bits per heavy atom. The molecule has 1 unspecified atom stereocenters. The molecule has 0 bridgehead atoms. The van der Waals surface area contributed by atoms with Crippen molar-refractivity contribution >= 4 is 11.9 Å². The fourth-order valence-electron chi connectivity index (χ4n) is 7.53. The van der Waals surface area contributed by atoms with E-state index < -0.39 is 5.97 Å². The average molecular weight is 733 g/mol. The first-order chi connectivity index (χ1) is 25.6. The number of hydrogen-bond acceptors (Lipinski definition) is 3. The van der Waals surface area contributed by atoms with Gasteiger partial charge in [0.1, 0.15) is 6.10 Å². The van der Waals surface area contributed by atoms with Gasteiger partial charge in [0.05, 0.1) is 0 Å². The Hall–Kier alpha value is -1.32. The molecule has 0 aliphatic rings. The molecule has 4 heteroatoms. The van der Waals surface area contributed by atoms with E-state index in [0.29, 0.717) is 12.8 Å². The Morgan fingerprint density at radius 1 is 0.404 bits per heavy atom. The van der Waals surface area contributed by atoms with E-state index in [1.807, 2.05) is 0 Å². The Kier molecular flexibility index (Phi) is 43.0. The SMILES string of the molecule is CCCCCCCC/C=C\CCCCCCCCCCCCCC(=O)OC(CCC)CCCCCCCCCCCCCCCCCCCC(=O)O. The van der Waals surface area contributed by atoms with Crippen LogP contribution < -0.4 is 0 Å². The van der Waals surface area contributed by atoms with Crippen LogP contribution in [0.4, 0.5) is 0 Å². The number of ether oxygens (including phenoxy) is 1. The third-order valence-corrected chi connectivity index (χ3v) is 11.0. The van der Waals surface area contributed by atoms with Crippen LogP contribution in [0, 0.1) is 0 Å². The van der Waals surface area contributed by atoms with Crippen molar-refractivity contribution < 1.29 is 19.4 Å². The van der Waals surface area contributed by atoms with E-state index >= 15 is 0 Å². The van der Waals surface area contributed by atoms with Gasteiger partial charge in [0.2, 0.25) is 0 Å². The van der Waals surface area contributed by atoms with Gasteiger partial charge in [0.25, 0.3) is 0 Å². The molecule has 52 heavy (non-hydrogen) atoms. The highest BCUT2D eigenvalue weighted by Gasteiger charge is 2.13. The van der Waals surface area contributed by atoms with Crippen molar-refractivity contribution in [2.45, 2.75) is 283 Å². The number of carbonyl (C=O) groups is 2. The molecule has 0 aliphatic heterocycles. The highest BCUT2D eigenvalue weighted by Crippen LogP contribution is 2.18. The fraction of sp³-hybridized carbons (Fsp3) is 0.917. The van der Waals surface area contributed by atoms with E-state index in [1.165, 1.54) is 212 Å². The van der Waals surface area contributed by atoms with Crippen LogP contribution in [0.25, 0.3) is 0 Å². The van der Waals surface area contributed by atoms with Crippen LogP contribution in [0.5, 0.6) is 0 Å². The lowest BCUT2D eigenvalue weighted by atomic mass is 10.0. The summed E-state index contributed by atoms with van der Waals surface area (Å²) in [6.07, 6.45) is 56.2. The summed E-state index contributed by atoms with van der Waals surface area (Å²) in [7, 11) is 0. The van der Waals surface area contributed by atoms with Crippen LogP contribution >= 0.6 is 0 Å². The Labute approximate surface area is 325 Å². The third kappa shape index (κ3) is 43.1. The van der Waals surface area contributed by atoms with E-state index in [2.05, 4.69) is 26.0 Å². The summed E-state index contributed by atoms with van der Waals surface area (Å²) in [5.41, 5.74) is 0. The molecule has 0 saturated carbocycles. The molecule has 4 nitrogen and oxygen atoms in total. The molecule has 0 aliphatic carbocycles. The maximum Gasteiger partial charge on any atom is 0.306 e. The lowest BCUT2D eigenvalue weighted by Crippen LogP contribution is -2.18. The minimum atomic E-state index is -0.660. The number of carbonyl (C=O) groups excluding carboxylic acids is 1. The molecule has 0 aromatic carbocycles. The van der Waals surface area contributed by atoms with E-state index in [0.717, 1.165) is 38.5 Å². The van der Waals surface area contributed by atoms with Crippen LogP contribution in [0.15, 0.2) is 12.2 Å². The molecule has 1 N–H and O–H groups in total. The standard InChI is InChI=1S/C48H92O4/c1-3-5-6-7-8-9-10-11-12-13-14-15-16-20-23-26-29-32-35-38-41-45-48(51)52-46(42-4-2)43-39-36-33-30-27-24-21-18-17-19-22-25-28-31-34-37-40-44-47(49)50/h11-12,46H,3-10,13-45H2,1-2H3,(H,49,50)/b12-11-. The van der Waals surface area contributed by atoms with Gasteiger partial charge in [-0.25, -0.2) is 0 Å². The van der Waals surface area contributed by atoms with Crippen LogP contribution in [0.2, 0.25) is 0 Å². The van der Waals surface area contributed by atoms with Gasteiger partial charge in [-0.2, -0.15) is 0 Å². The molecule has 0 rings (SSSR count). The Bertz CT molecular complexity index is 747. The van der Waals surface area contributed by atoms with Gasteiger partial charge in [-0.3, -0.25) is 9.59 Å². The van der Waals surface area contributed by atoms with Gasteiger partial charge >= 0.3 is 11.9 Å². The minimum absolute atomic E-state index is 0.0386. The van der Waals surface area contributed by atoms with Crippen molar-refractivity contribution in [2.24, 2.45) is 0 Å². The molecule has 0 spiro atoms. The molecule has 0 heterocycles. The average Bonchev–Trinajstić information content (AvgIpc) is 3.13. The molecule has 0 aromatic rings. The first kappa shape index (κ1) is 50.7. The highest BCUT2D eigenvalue weighted by atomic mass is 16.5. The van der Waals surface area contributed by atoms with E-state index in [-0.39, 0.29) is 12.1 Å². The zero-order valence-electron chi connectivity index (χ0n) is 35.4. The zero-order chi connectivity index (χ0) is 37.8. The number of carboxylic acids is 1. The van der Waals surface area contributed by atoms with Crippen LogP contribution in [-0.4, -0.2) is 23.1 Å². The van der Waals surface area contributed by atoms with E-state index in [1.54, 1.807) is 0 Å². The van der Waals surface area contributed by atoms with Crippen molar-refractivity contribution in [3.8, 4) is 0 Å². The Morgan fingerprint density at radius 3 is 1.10 bits per heavy atom. The maximum absolute atomic E-state index is 12.5.